The van der Waals surface area contributed by atoms with Crippen LogP contribution in [0.3, 0.4) is 0 Å². The Morgan fingerprint density at radius 3 is 0.987 bits per heavy atom. The second-order valence-electron chi connectivity index (χ2n) is 22.8. The van der Waals surface area contributed by atoms with E-state index in [1.807, 2.05) is 36.4 Å². The van der Waals surface area contributed by atoms with Crippen LogP contribution in [0.5, 0.6) is 34.5 Å². The van der Waals surface area contributed by atoms with Crippen molar-refractivity contribution in [3.8, 4) is 45.6 Å². The fourth-order valence-corrected chi connectivity index (χ4v) is 22.7. The van der Waals surface area contributed by atoms with Crippen LogP contribution in [0, 0.1) is 0 Å². The molecule has 6 nitrogen and oxygen atoms in total. The maximum Gasteiger partial charge on any atom is 0.258 e. The van der Waals surface area contributed by atoms with Gasteiger partial charge in [0.1, 0.15) is 60.9 Å². The average Bonchev–Trinajstić information content (AvgIpc) is 3.43. The molecule has 0 unspecified atom stereocenters. The molecule has 0 amide bonds. The van der Waals surface area contributed by atoms with Gasteiger partial charge in [-0.1, -0.05) is 193 Å². The molecular weight excluding hydrogens is 993 g/mol. The molecule has 406 valence electrons. The highest BCUT2D eigenvalue weighted by Gasteiger charge is 2.49. The molecule has 8 aromatic carbocycles. The molecule has 0 N–H and O–H groups in total. The van der Waals surface area contributed by atoms with Gasteiger partial charge in [-0.3, -0.25) is 0 Å². The van der Waals surface area contributed by atoms with Gasteiger partial charge in [0, 0.05) is 11.1 Å². The van der Waals surface area contributed by atoms with Crippen molar-refractivity contribution in [3.05, 3.63) is 204 Å². The van der Waals surface area contributed by atoms with Crippen molar-refractivity contribution in [2.75, 3.05) is 0 Å². The Morgan fingerprint density at radius 1 is 0.346 bits per heavy atom. The highest BCUT2D eigenvalue weighted by Crippen LogP contribution is 2.53. The molecule has 0 spiro atoms. The molecule has 8 aromatic rings. The van der Waals surface area contributed by atoms with Gasteiger partial charge in [-0.15, -0.1) is 0 Å². The van der Waals surface area contributed by atoms with Crippen LogP contribution in [-0.4, -0.2) is 16.6 Å². The molecule has 0 aliphatic rings. The molecule has 0 saturated carbocycles. The number of hydrogen-bond donors (Lipinski definition) is 0. The Labute approximate surface area is 468 Å². The van der Waals surface area contributed by atoms with Gasteiger partial charge in [-0.25, -0.2) is 0 Å². The third-order valence-electron chi connectivity index (χ3n) is 16.0. The Morgan fingerprint density at radius 2 is 0.667 bits per heavy atom. The molecule has 0 aliphatic carbocycles. The lowest BCUT2D eigenvalue weighted by molar-refractivity contribution is 0.296. The number of fused-ring (bicyclic) bond motifs is 2. The molecular formula is C70H82O6Si2. The second kappa shape index (κ2) is 25.2. The van der Waals surface area contributed by atoms with E-state index in [1.54, 1.807) is 0 Å². The smallest absolute Gasteiger partial charge is 0.258 e. The normalized spacial score (nSPS) is 12.1. The summed E-state index contributed by atoms with van der Waals surface area (Å²) in [5, 5.41) is 4.27. The van der Waals surface area contributed by atoms with E-state index in [0.717, 1.165) is 101 Å². The van der Waals surface area contributed by atoms with Crippen molar-refractivity contribution in [2.45, 2.75) is 143 Å². The molecule has 0 radical (unpaired) electrons. The fourth-order valence-electron chi connectivity index (χ4n) is 12.1. The molecule has 0 saturated heterocycles. The van der Waals surface area contributed by atoms with Crippen LogP contribution in [0.25, 0.3) is 44.8 Å². The van der Waals surface area contributed by atoms with Crippen LogP contribution in [0.1, 0.15) is 116 Å². The molecule has 0 aliphatic heterocycles. The summed E-state index contributed by atoms with van der Waals surface area (Å²) in [7, 11) is -4.97. The van der Waals surface area contributed by atoms with Crippen LogP contribution in [0.4, 0.5) is 0 Å². The number of rotatable bonds is 25. The molecule has 0 heterocycles. The second-order valence-corrected chi connectivity index (χ2v) is 33.6. The Kier molecular flexibility index (Phi) is 18.5. The van der Waals surface area contributed by atoms with Gasteiger partial charge in [0.2, 0.25) is 0 Å². The van der Waals surface area contributed by atoms with E-state index >= 15 is 0 Å². The molecule has 0 bridgehead atoms. The fraction of sp³-hybridized carbons (Fsp3) is 0.314. The Bertz CT molecular complexity index is 3050. The number of ether oxygens (including phenoxy) is 4. The van der Waals surface area contributed by atoms with E-state index in [4.69, 9.17) is 27.8 Å². The van der Waals surface area contributed by atoms with Gasteiger partial charge in [0.15, 0.2) is 0 Å². The quantitative estimate of drug-likeness (QED) is 0.0532. The minimum atomic E-state index is -2.49. The number of hydrogen-bond acceptors (Lipinski definition) is 6. The molecule has 78 heavy (non-hydrogen) atoms. The van der Waals surface area contributed by atoms with Crippen LogP contribution in [0.15, 0.2) is 171 Å². The zero-order valence-electron chi connectivity index (χ0n) is 48.3. The van der Waals surface area contributed by atoms with Crippen LogP contribution < -0.4 is 27.8 Å². The van der Waals surface area contributed by atoms with E-state index < -0.39 is 16.6 Å². The minimum absolute atomic E-state index is 0.359. The maximum absolute atomic E-state index is 7.84. The lowest BCUT2D eigenvalue weighted by Gasteiger charge is -2.44. The minimum Gasteiger partial charge on any atom is -0.542 e. The van der Waals surface area contributed by atoms with E-state index in [-0.39, 0.29) is 0 Å². The summed E-state index contributed by atoms with van der Waals surface area (Å²) in [6.45, 7) is 37.7. The lowest BCUT2D eigenvalue weighted by Crippen LogP contribution is -2.51. The molecule has 0 fully saturated rings. The maximum atomic E-state index is 7.84. The summed E-state index contributed by atoms with van der Waals surface area (Å²) >= 11 is 0. The largest absolute Gasteiger partial charge is 0.542 e. The van der Waals surface area contributed by atoms with Crippen molar-refractivity contribution in [1.29, 1.82) is 0 Å². The zero-order chi connectivity index (χ0) is 55.7. The van der Waals surface area contributed by atoms with Gasteiger partial charge in [0.25, 0.3) is 16.6 Å². The summed E-state index contributed by atoms with van der Waals surface area (Å²) in [5.41, 5.74) is 10.7. The highest BCUT2D eigenvalue weighted by molar-refractivity contribution is 6.79. The van der Waals surface area contributed by atoms with Crippen molar-refractivity contribution < 1.29 is 27.8 Å². The zero-order valence-corrected chi connectivity index (χ0v) is 50.3. The number of benzene rings is 8. The topological polar surface area (TPSA) is 55.4 Å². The lowest BCUT2D eigenvalue weighted by atomic mass is 9.92. The first-order valence-electron chi connectivity index (χ1n) is 28.1. The molecule has 8 heteroatoms. The van der Waals surface area contributed by atoms with E-state index in [1.165, 1.54) is 0 Å². The molecule has 0 atom stereocenters. The van der Waals surface area contributed by atoms with Gasteiger partial charge in [-0.05, 0) is 161 Å². The summed E-state index contributed by atoms with van der Waals surface area (Å²) in [4.78, 5) is 0. The summed E-state index contributed by atoms with van der Waals surface area (Å²) in [6, 6.07) is 54.7. The third kappa shape index (κ3) is 12.6. The van der Waals surface area contributed by atoms with Crippen molar-refractivity contribution >= 4 is 50.3 Å². The first-order valence-corrected chi connectivity index (χ1v) is 32.4. The van der Waals surface area contributed by atoms with Crippen LogP contribution in [-0.2, 0) is 26.4 Å². The standard InChI is InChI=1S/C70H82O6Si2/c1-15-53-23-27-55(28-24-53)43-71-61-21-17-19-57(39-61)45-73-63-33-35-65-59(41-63)31-37-67(75-77(47(3)4,48(5)6)49(7)8)69(65)70-66-36-34-64(42-60(66)32-38-68(70)76-78(50(9)10,51(11)12)52(13)14)74-46-58-20-18-22-62(40-58)72-44-56-29-25-54(16-2)26-30-56/h15-42,47-52H,1-2,43-46H2,3-14H3. The summed E-state index contributed by atoms with van der Waals surface area (Å²) < 4.78 is 41.4. The van der Waals surface area contributed by atoms with Crippen LogP contribution >= 0.6 is 0 Å². The van der Waals surface area contributed by atoms with Crippen molar-refractivity contribution in [2.24, 2.45) is 0 Å². The Balaban J connectivity index is 1.19. The Hall–Kier alpha value is -7.01. The van der Waals surface area contributed by atoms with Crippen molar-refractivity contribution in [3.63, 3.8) is 0 Å². The van der Waals surface area contributed by atoms with Gasteiger partial charge < -0.3 is 27.8 Å². The van der Waals surface area contributed by atoms with Crippen LogP contribution in [0.2, 0.25) is 33.2 Å². The highest BCUT2D eigenvalue weighted by atomic mass is 28.4. The predicted molar refractivity (Wildman–Crippen MR) is 334 cm³/mol. The van der Waals surface area contributed by atoms with E-state index in [9.17, 15) is 0 Å². The molecule has 0 aromatic heterocycles. The van der Waals surface area contributed by atoms with Gasteiger partial charge in [0.05, 0.1) is 0 Å². The average molecular weight is 1080 g/mol. The monoisotopic (exact) mass is 1070 g/mol. The van der Waals surface area contributed by atoms with Crippen molar-refractivity contribution in [1.82, 2.24) is 0 Å². The van der Waals surface area contributed by atoms with Gasteiger partial charge >= 0.3 is 0 Å². The first-order chi connectivity index (χ1) is 37.4. The summed E-state index contributed by atoms with van der Waals surface area (Å²) in [6.07, 6.45) is 3.70. The summed E-state index contributed by atoms with van der Waals surface area (Å²) in [5.74, 6) is 4.95. The molecule has 8 rings (SSSR count). The first kappa shape index (κ1) is 57.2. The predicted octanol–water partition coefficient (Wildman–Crippen LogP) is 20.4. The van der Waals surface area contributed by atoms with E-state index in [0.29, 0.717) is 59.7 Å². The SMILES string of the molecule is C=Cc1ccc(COc2cccc(COc3ccc4c(-c5c(O[Si](C(C)C)(C(C)C)C(C)C)ccc6cc(OCc7cccc(OCc8ccc(C=C)cc8)c7)ccc56)c(O[Si](C(C)C)(C(C)C)C(C)C)ccc4c3)c2)cc1. The van der Waals surface area contributed by atoms with E-state index in [2.05, 4.69) is 230 Å². The van der Waals surface area contributed by atoms with Gasteiger partial charge in [-0.2, -0.15) is 0 Å². The third-order valence-corrected chi connectivity index (χ3v) is 28.0.